The zero-order chi connectivity index (χ0) is 19.1. The Morgan fingerprint density at radius 3 is 2.52 bits per heavy atom. The number of carbonyl (C=O) groups excluding carboxylic acids is 2. The van der Waals surface area contributed by atoms with Crippen molar-refractivity contribution >= 4 is 46.7 Å². The van der Waals surface area contributed by atoms with Crippen LogP contribution in [0.5, 0.6) is 0 Å². The number of thiophene rings is 1. The highest BCUT2D eigenvalue weighted by Crippen LogP contribution is 2.20. The molecule has 0 saturated heterocycles. The summed E-state index contributed by atoms with van der Waals surface area (Å²) < 4.78 is 0. The van der Waals surface area contributed by atoms with E-state index in [1.807, 2.05) is 54.1 Å². The van der Waals surface area contributed by atoms with E-state index in [9.17, 15) is 9.59 Å². The molecule has 0 saturated carbocycles. The van der Waals surface area contributed by atoms with Crippen molar-refractivity contribution in [2.75, 3.05) is 11.6 Å². The van der Waals surface area contributed by atoms with Crippen molar-refractivity contribution in [3.63, 3.8) is 0 Å². The predicted octanol–water partition coefficient (Wildman–Crippen LogP) is 4.88. The number of anilines is 1. The molecular weight excluding hydrogens is 376 g/mol. The maximum absolute atomic E-state index is 12.8. The van der Waals surface area contributed by atoms with Gasteiger partial charge in [-0.25, -0.2) is 0 Å². The van der Waals surface area contributed by atoms with Crippen LogP contribution in [0.25, 0.3) is 6.08 Å². The van der Waals surface area contributed by atoms with Gasteiger partial charge in [0.2, 0.25) is 0 Å². The third kappa shape index (κ3) is 5.32. The molecule has 27 heavy (non-hydrogen) atoms. The van der Waals surface area contributed by atoms with E-state index in [2.05, 4.69) is 10.6 Å². The van der Waals surface area contributed by atoms with E-state index in [1.54, 1.807) is 42.1 Å². The summed E-state index contributed by atoms with van der Waals surface area (Å²) >= 11 is 3.09. The Balaban J connectivity index is 1.83. The molecule has 6 heteroatoms. The van der Waals surface area contributed by atoms with Crippen molar-refractivity contribution in [1.29, 1.82) is 0 Å². The lowest BCUT2D eigenvalue weighted by molar-refractivity contribution is -0.113. The number of benzene rings is 2. The number of rotatable bonds is 6. The van der Waals surface area contributed by atoms with Gasteiger partial charge < -0.3 is 10.6 Å². The molecule has 0 aliphatic rings. The molecular formula is C21H18N2O2S2. The Morgan fingerprint density at radius 1 is 1.00 bits per heavy atom. The molecule has 4 nitrogen and oxygen atoms in total. The maximum atomic E-state index is 12.8. The lowest BCUT2D eigenvalue weighted by atomic mass is 10.2. The van der Waals surface area contributed by atoms with Crippen LogP contribution in [0.15, 0.2) is 82.7 Å². The highest BCUT2D eigenvalue weighted by molar-refractivity contribution is 7.98. The Labute approximate surface area is 166 Å². The van der Waals surface area contributed by atoms with Crippen molar-refractivity contribution in [2.45, 2.75) is 4.90 Å². The van der Waals surface area contributed by atoms with Crippen LogP contribution in [0.1, 0.15) is 15.2 Å². The summed E-state index contributed by atoms with van der Waals surface area (Å²) in [5.41, 5.74) is 1.37. The number of hydrogen-bond donors (Lipinski definition) is 2. The smallest absolute Gasteiger partial charge is 0.272 e. The monoisotopic (exact) mass is 394 g/mol. The molecule has 0 radical (unpaired) electrons. The molecule has 0 unspecified atom stereocenters. The summed E-state index contributed by atoms with van der Waals surface area (Å²) in [7, 11) is 0. The zero-order valence-electron chi connectivity index (χ0n) is 14.6. The number of amides is 2. The first-order chi connectivity index (χ1) is 13.2. The highest BCUT2D eigenvalue weighted by Gasteiger charge is 2.15. The third-order valence-corrected chi connectivity index (χ3v) is 5.23. The van der Waals surface area contributed by atoms with Crippen LogP contribution < -0.4 is 10.6 Å². The van der Waals surface area contributed by atoms with Gasteiger partial charge in [-0.1, -0.05) is 30.3 Å². The van der Waals surface area contributed by atoms with Gasteiger partial charge in [-0.2, -0.15) is 0 Å². The third-order valence-electron chi connectivity index (χ3n) is 3.69. The van der Waals surface area contributed by atoms with Gasteiger partial charge in [-0.3, -0.25) is 9.59 Å². The van der Waals surface area contributed by atoms with E-state index >= 15 is 0 Å². The molecule has 2 N–H and O–H groups in total. The van der Waals surface area contributed by atoms with Crippen molar-refractivity contribution in [3.05, 3.63) is 88.2 Å². The number of thioether (sulfide) groups is 1. The SMILES string of the molecule is CSc1cccc(NC(=O)/C(=C\c2cccs2)NC(=O)c2ccccc2)c1. The second kappa shape index (κ2) is 9.21. The van der Waals surface area contributed by atoms with E-state index in [4.69, 9.17) is 0 Å². The van der Waals surface area contributed by atoms with Crippen LogP contribution in [0.3, 0.4) is 0 Å². The molecule has 136 valence electrons. The molecule has 0 fully saturated rings. The molecule has 0 aliphatic heterocycles. The van der Waals surface area contributed by atoms with E-state index in [0.717, 1.165) is 9.77 Å². The first-order valence-electron chi connectivity index (χ1n) is 8.23. The van der Waals surface area contributed by atoms with Crippen molar-refractivity contribution in [3.8, 4) is 0 Å². The lowest BCUT2D eigenvalue weighted by Crippen LogP contribution is -2.30. The summed E-state index contributed by atoms with van der Waals surface area (Å²) in [4.78, 5) is 27.2. The van der Waals surface area contributed by atoms with Crippen LogP contribution in [-0.4, -0.2) is 18.1 Å². The normalized spacial score (nSPS) is 11.1. The number of nitrogens with one attached hydrogen (secondary N) is 2. The van der Waals surface area contributed by atoms with Gasteiger partial charge in [0.1, 0.15) is 5.70 Å². The standard InChI is InChI=1S/C21H18N2O2S2/c1-26-17-10-5-9-16(13-17)22-21(25)19(14-18-11-6-12-27-18)23-20(24)15-7-3-2-4-8-15/h2-14H,1H3,(H,22,25)(H,23,24)/b19-14+. The lowest BCUT2D eigenvalue weighted by Gasteiger charge is -2.11. The summed E-state index contributed by atoms with van der Waals surface area (Å²) in [5, 5.41) is 7.51. The molecule has 1 aromatic heterocycles. The van der Waals surface area contributed by atoms with Gasteiger partial charge in [-0.15, -0.1) is 23.1 Å². The average molecular weight is 395 g/mol. The minimum Gasteiger partial charge on any atom is -0.321 e. The molecule has 0 bridgehead atoms. The Hall–Kier alpha value is -2.83. The summed E-state index contributed by atoms with van der Waals surface area (Å²) in [6.07, 6.45) is 3.66. The molecule has 2 aromatic carbocycles. The van der Waals surface area contributed by atoms with Gasteiger partial charge in [0, 0.05) is 21.0 Å². The largest absolute Gasteiger partial charge is 0.321 e. The van der Waals surface area contributed by atoms with E-state index in [0.29, 0.717) is 11.3 Å². The van der Waals surface area contributed by atoms with Crippen LogP contribution in [0.2, 0.25) is 0 Å². The topological polar surface area (TPSA) is 58.2 Å². The fraction of sp³-hybridized carbons (Fsp3) is 0.0476. The first kappa shape index (κ1) is 18.9. The van der Waals surface area contributed by atoms with Crippen LogP contribution in [0, 0.1) is 0 Å². The minimum atomic E-state index is -0.370. The van der Waals surface area contributed by atoms with Crippen LogP contribution in [-0.2, 0) is 4.79 Å². The molecule has 1 heterocycles. The Morgan fingerprint density at radius 2 is 1.81 bits per heavy atom. The summed E-state index contributed by atoms with van der Waals surface area (Å²) in [5.74, 6) is -0.697. The fourth-order valence-electron chi connectivity index (χ4n) is 2.36. The zero-order valence-corrected chi connectivity index (χ0v) is 16.3. The molecule has 0 aliphatic carbocycles. The summed E-state index contributed by atoms with van der Waals surface area (Å²) in [6, 6.07) is 20.2. The van der Waals surface area contributed by atoms with Gasteiger partial charge >= 0.3 is 0 Å². The molecule has 0 spiro atoms. The molecule has 2 amide bonds. The van der Waals surface area contributed by atoms with Crippen molar-refractivity contribution in [2.24, 2.45) is 0 Å². The minimum absolute atomic E-state index is 0.195. The molecule has 3 rings (SSSR count). The second-order valence-corrected chi connectivity index (χ2v) is 7.44. The van der Waals surface area contributed by atoms with Gasteiger partial charge in [0.05, 0.1) is 0 Å². The Kier molecular flexibility index (Phi) is 6.46. The van der Waals surface area contributed by atoms with Crippen LogP contribution in [0.4, 0.5) is 5.69 Å². The van der Waals surface area contributed by atoms with Gasteiger partial charge in [-0.05, 0) is 54.1 Å². The number of carbonyl (C=O) groups is 2. The molecule has 3 aromatic rings. The molecule has 0 atom stereocenters. The first-order valence-corrected chi connectivity index (χ1v) is 10.3. The maximum Gasteiger partial charge on any atom is 0.272 e. The van der Waals surface area contributed by atoms with E-state index in [-0.39, 0.29) is 17.5 Å². The fourth-order valence-corrected chi connectivity index (χ4v) is 3.47. The number of hydrogen-bond acceptors (Lipinski definition) is 4. The van der Waals surface area contributed by atoms with Gasteiger partial charge in [0.15, 0.2) is 0 Å². The average Bonchev–Trinajstić information content (AvgIpc) is 3.21. The summed E-state index contributed by atoms with van der Waals surface area (Å²) in [6.45, 7) is 0. The quantitative estimate of drug-likeness (QED) is 0.463. The predicted molar refractivity (Wildman–Crippen MR) is 113 cm³/mol. The Bertz CT molecular complexity index is 951. The van der Waals surface area contributed by atoms with Crippen molar-refractivity contribution < 1.29 is 9.59 Å². The van der Waals surface area contributed by atoms with Crippen molar-refractivity contribution in [1.82, 2.24) is 5.32 Å². The van der Waals surface area contributed by atoms with Gasteiger partial charge in [0.25, 0.3) is 11.8 Å². The van der Waals surface area contributed by atoms with Crippen LogP contribution >= 0.6 is 23.1 Å². The highest BCUT2D eigenvalue weighted by atomic mass is 32.2. The van der Waals surface area contributed by atoms with E-state index in [1.165, 1.54) is 11.3 Å². The second-order valence-electron chi connectivity index (χ2n) is 5.58. The van der Waals surface area contributed by atoms with E-state index < -0.39 is 0 Å².